The lowest BCUT2D eigenvalue weighted by atomic mass is 9.87. The summed E-state index contributed by atoms with van der Waals surface area (Å²) >= 11 is 0. The van der Waals surface area contributed by atoms with Crippen molar-refractivity contribution < 1.29 is 15.0 Å². The van der Waals surface area contributed by atoms with Crippen LogP contribution in [0.4, 0.5) is 0 Å². The molecule has 0 unspecified atom stereocenters. The third-order valence-corrected chi connectivity index (χ3v) is 5.27. The van der Waals surface area contributed by atoms with Crippen molar-refractivity contribution in [2.45, 2.75) is 82.9 Å². The number of carboxylic acid groups (broad SMARTS) is 1. The Morgan fingerprint density at radius 2 is 2.00 bits per heavy atom. The van der Waals surface area contributed by atoms with Gasteiger partial charge in [-0.2, -0.15) is 10.2 Å². The van der Waals surface area contributed by atoms with Gasteiger partial charge in [0.25, 0.3) is 0 Å². The van der Waals surface area contributed by atoms with Crippen LogP contribution in [0.2, 0.25) is 0 Å². The average molecular weight is 348 g/mol. The Kier molecular flexibility index (Phi) is 8.32. The number of rotatable bonds is 12. The molecule has 2 aliphatic rings. The zero-order valence-electron chi connectivity index (χ0n) is 15.3. The number of nitrogens with zero attached hydrogens (tertiary/aromatic N) is 2. The third-order valence-electron chi connectivity index (χ3n) is 5.27. The van der Waals surface area contributed by atoms with Crippen LogP contribution in [0.5, 0.6) is 0 Å². The Bertz CT molecular complexity index is 501. The fraction of sp³-hybridized carbons (Fsp3) is 0.750. The molecular weight excluding hydrogens is 316 g/mol. The van der Waals surface area contributed by atoms with Gasteiger partial charge in [-0.3, -0.25) is 4.79 Å². The monoisotopic (exact) mass is 348 g/mol. The van der Waals surface area contributed by atoms with E-state index >= 15 is 0 Å². The van der Waals surface area contributed by atoms with Gasteiger partial charge in [0.1, 0.15) is 0 Å². The maximum atomic E-state index is 10.5. The molecule has 0 aromatic heterocycles. The van der Waals surface area contributed by atoms with E-state index in [9.17, 15) is 9.90 Å². The van der Waals surface area contributed by atoms with E-state index in [4.69, 9.17) is 5.11 Å². The molecule has 2 bridgehead atoms. The zero-order valence-corrected chi connectivity index (χ0v) is 15.3. The van der Waals surface area contributed by atoms with Gasteiger partial charge in [0.15, 0.2) is 0 Å². The molecule has 0 amide bonds. The lowest BCUT2D eigenvalue weighted by Gasteiger charge is -2.23. The lowest BCUT2D eigenvalue weighted by molar-refractivity contribution is -0.137. The molecule has 1 fully saturated rings. The van der Waals surface area contributed by atoms with Gasteiger partial charge in [-0.15, -0.1) is 0 Å². The number of allylic oxidation sites excluding steroid dienone is 2. The highest BCUT2D eigenvalue weighted by Gasteiger charge is 2.45. The van der Waals surface area contributed by atoms with Crippen LogP contribution in [0.1, 0.15) is 64.7 Å². The quantitative estimate of drug-likeness (QED) is 0.402. The predicted molar refractivity (Wildman–Crippen MR) is 98.6 cm³/mol. The molecule has 1 aliphatic heterocycles. The van der Waals surface area contributed by atoms with Gasteiger partial charge in [0.05, 0.1) is 18.2 Å². The molecule has 5 atom stereocenters. The predicted octanol–water partition coefficient (Wildman–Crippen LogP) is 4.52. The number of azo groups is 1. The van der Waals surface area contributed by atoms with Gasteiger partial charge in [-0.25, -0.2) is 0 Å². The largest absolute Gasteiger partial charge is 0.481 e. The summed E-state index contributed by atoms with van der Waals surface area (Å²) in [5.41, 5.74) is 0. The van der Waals surface area contributed by atoms with E-state index in [2.05, 4.69) is 35.4 Å². The van der Waals surface area contributed by atoms with Crippen molar-refractivity contribution in [3.63, 3.8) is 0 Å². The van der Waals surface area contributed by atoms with Crippen molar-refractivity contribution >= 4 is 5.97 Å². The highest BCUT2D eigenvalue weighted by Crippen LogP contribution is 2.44. The summed E-state index contributed by atoms with van der Waals surface area (Å²) in [6.07, 6.45) is 16.0. The normalized spacial score (nSPS) is 29.2. The first-order valence-electron chi connectivity index (χ1n) is 9.75. The molecule has 140 valence electrons. The fourth-order valence-electron chi connectivity index (χ4n) is 3.83. The van der Waals surface area contributed by atoms with E-state index in [0.29, 0.717) is 24.3 Å². The molecule has 1 saturated carbocycles. The summed E-state index contributed by atoms with van der Waals surface area (Å²) in [6.45, 7) is 2.17. The summed E-state index contributed by atoms with van der Waals surface area (Å²) < 4.78 is 0. The SMILES string of the molecule is CCCCC[C@H](O)/C=C/[C@@H]1[C@@H](C/C=C\CCCC(=O)O)[C@@H]2C[C@H]1N=N2. The Morgan fingerprint density at radius 3 is 2.76 bits per heavy atom. The van der Waals surface area contributed by atoms with E-state index < -0.39 is 5.97 Å². The average Bonchev–Trinajstić information content (AvgIpc) is 3.17. The van der Waals surface area contributed by atoms with Crippen LogP contribution in [-0.2, 0) is 4.79 Å². The van der Waals surface area contributed by atoms with Gasteiger partial charge in [0, 0.05) is 12.3 Å². The Morgan fingerprint density at radius 1 is 1.20 bits per heavy atom. The minimum Gasteiger partial charge on any atom is -0.481 e. The summed E-state index contributed by atoms with van der Waals surface area (Å²) in [6, 6.07) is 0.579. The van der Waals surface area contributed by atoms with Crippen LogP contribution in [0.25, 0.3) is 0 Å². The van der Waals surface area contributed by atoms with E-state index in [1.165, 1.54) is 12.8 Å². The second kappa shape index (κ2) is 10.5. The second-order valence-corrected chi connectivity index (χ2v) is 7.28. The topological polar surface area (TPSA) is 82.2 Å². The molecule has 5 nitrogen and oxygen atoms in total. The minimum absolute atomic E-state index is 0.230. The lowest BCUT2D eigenvalue weighted by Crippen LogP contribution is -2.22. The molecule has 0 aromatic carbocycles. The Labute approximate surface area is 150 Å². The molecule has 0 saturated heterocycles. The first-order valence-corrected chi connectivity index (χ1v) is 9.75. The van der Waals surface area contributed by atoms with Crippen molar-refractivity contribution in [2.24, 2.45) is 22.1 Å². The van der Waals surface area contributed by atoms with Crippen molar-refractivity contribution in [2.75, 3.05) is 0 Å². The molecule has 0 radical (unpaired) electrons. The summed E-state index contributed by atoms with van der Waals surface area (Å²) in [7, 11) is 0. The number of aliphatic hydroxyl groups excluding tert-OH is 1. The molecule has 1 heterocycles. The van der Waals surface area contributed by atoms with Gasteiger partial charge in [0.2, 0.25) is 0 Å². The fourth-order valence-corrected chi connectivity index (χ4v) is 3.83. The first kappa shape index (κ1) is 19.8. The molecule has 2 rings (SSSR count). The minimum atomic E-state index is -0.732. The van der Waals surface area contributed by atoms with Crippen molar-refractivity contribution in [3.8, 4) is 0 Å². The van der Waals surface area contributed by atoms with E-state index in [1.807, 2.05) is 6.08 Å². The zero-order chi connectivity index (χ0) is 18.1. The Balaban J connectivity index is 1.79. The van der Waals surface area contributed by atoms with E-state index in [-0.39, 0.29) is 18.6 Å². The number of hydrogen-bond acceptors (Lipinski definition) is 4. The molecule has 2 N–H and O–H groups in total. The van der Waals surface area contributed by atoms with Crippen LogP contribution in [0.15, 0.2) is 34.5 Å². The number of unbranched alkanes of at least 4 members (excludes halogenated alkanes) is 3. The van der Waals surface area contributed by atoms with Crippen LogP contribution < -0.4 is 0 Å². The number of aliphatic carboxylic acids is 1. The summed E-state index contributed by atoms with van der Waals surface area (Å²) in [5, 5.41) is 27.5. The van der Waals surface area contributed by atoms with Crippen molar-refractivity contribution in [3.05, 3.63) is 24.3 Å². The smallest absolute Gasteiger partial charge is 0.303 e. The highest BCUT2D eigenvalue weighted by molar-refractivity contribution is 5.66. The molecule has 25 heavy (non-hydrogen) atoms. The molecular formula is C20H32N2O3. The number of fused-ring (bicyclic) bond motifs is 2. The van der Waals surface area contributed by atoms with Gasteiger partial charge >= 0.3 is 5.97 Å². The maximum absolute atomic E-state index is 10.5. The van der Waals surface area contributed by atoms with Crippen LogP contribution in [-0.4, -0.2) is 34.4 Å². The van der Waals surface area contributed by atoms with Gasteiger partial charge in [-0.05, 0) is 38.0 Å². The third kappa shape index (κ3) is 6.38. The highest BCUT2D eigenvalue weighted by atomic mass is 16.4. The first-order chi connectivity index (χ1) is 12.1. The second-order valence-electron chi connectivity index (χ2n) is 7.28. The van der Waals surface area contributed by atoms with E-state index in [1.54, 1.807) is 0 Å². The van der Waals surface area contributed by atoms with Crippen LogP contribution in [0.3, 0.4) is 0 Å². The number of carboxylic acids is 1. The molecule has 1 aliphatic carbocycles. The molecule has 0 aromatic rings. The van der Waals surface area contributed by atoms with E-state index in [0.717, 1.165) is 32.1 Å². The number of carbonyl (C=O) groups is 1. The van der Waals surface area contributed by atoms with Crippen molar-refractivity contribution in [1.29, 1.82) is 0 Å². The maximum Gasteiger partial charge on any atom is 0.303 e. The summed E-state index contributed by atoms with van der Waals surface area (Å²) in [4.78, 5) is 10.5. The molecule has 0 spiro atoms. The molecule has 5 heteroatoms. The van der Waals surface area contributed by atoms with Crippen molar-refractivity contribution in [1.82, 2.24) is 0 Å². The van der Waals surface area contributed by atoms with Crippen LogP contribution >= 0.6 is 0 Å². The standard InChI is InChI=1S/C20H32N2O3/c1-2-3-6-9-15(23)12-13-17-16(18-14-19(17)22-21-18)10-7-4-5-8-11-20(24)25/h4,7,12-13,15-19,23H,2-3,5-6,8-11,14H2,1H3,(H,24,25)/b7-4-,13-12+/t15-,16+,17+,18-,19+/m0/s1. The van der Waals surface area contributed by atoms with Crippen LogP contribution in [0, 0.1) is 11.8 Å². The Hall–Kier alpha value is -1.49. The summed E-state index contributed by atoms with van der Waals surface area (Å²) in [5.74, 6) is 0.0916. The van der Waals surface area contributed by atoms with Gasteiger partial charge in [-0.1, -0.05) is 50.5 Å². The van der Waals surface area contributed by atoms with Gasteiger partial charge < -0.3 is 10.2 Å². The number of hydrogen-bond donors (Lipinski definition) is 2. The number of aliphatic hydroxyl groups is 1.